The Bertz CT molecular complexity index is 930. The van der Waals surface area contributed by atoms with Crippen LogP contribution < -0.4 is 4.90 Å². The fourth-order valence-corrected chi connectivity index (χ4v) is 4.66. The van der Waals surface area contributed by atoms with Crippen molar-refractivity contribution < 1.29 is 14.7 Å². The molecular formula is C22H23ClN2O3. The van der Waals surface area contributed by atoms with Crippen LogP contribution in [0.2, 0.25) is 5.02 Å². The largest absolute Gasteiger partial charge is 0.465 e. The number of halogens is 1. The number of rotatable bonds is 4. The molecular weight excluding hydrogens is 376 g/mol. The predicted octanol–water partition coefficient (Wildman–Crippen LogP) is 4.53. The van der Waals surface area contributed by atoms with Crippen LogP contribution in [-0.2, 0) is 17.6 Å². The zero-order valence-corrected chi connectivity index (χ0v) is 16.5. The van der Waals surface area contributed by atoms with Crippen molar-refractivity contribution in [3.63, 3.8) is 0 Å². The van der Waals surface area contributed by atoms with Crippen LogP contribution in [0.4, 0.5) is 10.5 Å². The van der Waals surface area contributed by atoms with Gasteiger partial charge in [-0.1, -0.05) is 41.9 Å². The van der Waals surface area contributed by atoms with Crippen LogP contribution >= 0.6 is 11.6 Å². The number of anilines is 1. The van der Waals surface area contributed by atoms with E-state index in [1.165, 1.54) is 18.2 Å². The van der Waals surface area contributed by atoms with Crippen molar-refractivity contribution in [2.75, 3.05) is 18.5 Å². The summed E-state index contributed by atoms with van der Waals surface area (Å²) in [7, 11) is 1.48. The Morgan fingerprint density at radius 3 is 2.79 bits per heavy atom. The van der Waals surface area contributed by atoms with E-state index in [0.29, 0.717) is 17.1 Å². The molecule has 2 unspecified atom stereocenters. The van der Waals surface area contributed by atoms with Crippen LogP contribution in [0.15, 0.2) is 42.5 Å². The minimum atomic E-state index is -1.04. The zero-order chi connectivity index (χ0) is 19.8. The van der Waals surface area contributed by atoms with E-state index >= 15 is 0 Å². The molecule has 2 amide bonds. The molecule has 0 bridgehead atoms. The lowest BCUT2D eigenvalue weighted by Crippen LogP contribution is -2.31. The number of hydrogen-bond acceptors (Lipinski definition) is 2. The summed E-state index contributed by atoms with van der Waals surface area (Å²) >= 11 is 6.39. The third-order valence-corrected chi connectivity index (χ3v) is 6.36. The van der Waals surface area contributed by atoms with Crippen LogP contribution in [0, 0.1) is 5.92 Å². The van der Waals surface area contributed by atoms with E-state index in [0.717, 1.165) is 36.3 Å². The van der Waals surface area contributed by atoms with Crippen molar-refractivity contribution in [3.8, 4) is 0 Å². The van der Waals surface area contributed by atoms with Gasteiger partial charge < -0.3 is 10.0 Å². The maximum atomic E-state index is 13.1. The van der Waals surface area contributed by atoms with E-state index in [-0.39, 0.29) is 17.9 Å². The summed E-state index contributed by atoms with van der Waals surface area (Å²) < 4.78 is 0. The van der Waals surface area contributed by atoms with Crippen molar-refractivity contribution >= 4 is 29.3 Å². The van der Waals surface area contributed by atoms with Crippen LogP contribution in [0.25, 0.3) is 0 Å². The zero-order valence-electron chi connectivity index (χ0n) is 15.8. The van der Waals surface area contributed by atoms with E-state index in [9.17, 15) is 9.59 Å². The third kappa shape index (κ3) is 3.35. The topological polar surface area (TPSA) is 60.9 Å². The second kappa shape index (κ2) is 7.47. The molecule has 0 aromatic heterocycles. The minimum absolute atomic E-state index is 0.0756. The molecule has 1 aliphatic carbocycles. The number of carboxylic acid groups (broad SMARTS) is 1. The van der Waals surface area contributed by atoms with Crippen molar-refractivity contribution in [2.45, 2.75) is 31.7 Å². The number of carbonyl (C=O) groups excluding carboxylic acids is 1. The van der Waals surface area contributed by atoms with Gasteiger partial charge in [0.25, 0.3) is 0 Å². The highest BCUT2D eigenvalue weighted by atomic mass is 35.5. The van der Waals surface area contributed by atoms with Crippen molar-refractivity contribution in [1.82, 2.24) is 4.90 Å². The molecule has 1 N–H and O–H groups in total. The molecule has 1 saturated heterocycles. The van der Waals surface area contributed by atoms with Crippen LogP contribution in [-0.4, -0.2) is 35.6 Å². The highest BCUT2D eigenvalue weighted by Crippen LogP contribution is 2.39. The highest BCUT2D eigenvalue weighted by Gasteiger charge is 2.38. The molecule has 1 aliphatic heterocycles. The number of amides is 2. The molecule has 28 heavy (non-hydrogen) atoms. The number of nitrogens with zero attached hydrogens (tertiary/aromatic N) is 2. The molecule has 4 rings (SSSR count). The van der Waals surface area contributed by atoms with Gasteiger partial charge in [-0.05, 0) is 54.5 Å². The van der Waals surface area contributed by atoms with Crippen molar-refractivity contribution in [2.24, 2.45) is 5.92 Å². The maximum absolute atomic E-state index is 13.1. The first-order chi connectivity index (χ1) is 13.5. The number of aryl methyl sites for hydroxylation is 1. The lowest BCUT2D eigenvalue weighted by Gasteiger charge is -2.25. The predicted molar refractivity (Wildman–Crippen MR) is 109 cm³/mol. The first kappa shape index (κ1) is 18.8. The fourth-order valence-electron chi connectivity index (χ4n) is 4.41. The van der Waals surface area contributed by atoms with Gasteiger partial charge in [-0.3, -0.25) is 9.69 Å². The normalized spacial score (nSPS) is 21.1. The molecule has 2 atom stereocenters. The molecule has 1 heterocycles. The lowest BCUT2D eigenvalue weighted by molar-refractivity contribution is -0.133. The Hall–Kier alpha value is -2.53. The SMILES string of the molecule is CN(C(=O)O)c1ccc(CC2CCN(C3CCc4ccccc43)C2=O)c(Cl)c1. The summed E-state index contributed by atoms with van der Waals surface area (Å²) in [6.07, 6.45) is 2.39. The Labute approximate surface area is 169 Å². The molecule has 5 nitrogen and oxygen atoms in total. The van der Waals surface area contributed by atoms with Gasteiger partial charge in [-0.2, -0.15) is 0 Å². The van der Waals surface area contributed by atoms with E-state index in [2.05, 4.69) is 18.2 Å². The Balaban J connectivity index is 1.47. The smallest absolute Gasteiger partial charge is 0.411 e. The van der Waals surface area contributed by atoms with Gasteiger partial charge in [0.2, 0.25) is 5.91 Å². The van der Waals surface area contributed by atoms with Gasteiger partial charge in [-0.15, -0.1) is 0 Å². The summed E-state index contributed by atoms with van der Waals surface area (Å²) in [5.41, 5.74) is 4.04. The van der Waals surface area contributed by atoms with Gasteiger partial charge in [0, 0.05) is 30.2 Å². The standard InChI is InChI=1S/C22H23ClN2O3/c1-24(22(27)28)17-8-6-15(19(23)13-17)12-16-10-11-25(21(16)26)20-9-7-14-4-2-3-5-18(14)20/h2-6,8,13,16,20H,7,9-12H2,1H3,(H,27,28). The average molecular weight is 399 g/mol. The quantitative estimate of drug-likeness (QED) is 0.822. The maximum Gasteiger partial charge on any atom is 0.411 e. The molecule has 0 radical (unpaired) electrons. The summed E-state index contributed by atoms with van der Waals surface area (Å²) in [6.45, 7) is 0.778. The monoisotopic (exact) mass is 398 g/mol. The molecule has 2 aromatic carbocycles. The molecule has 6 heteroatoms. The van der Waals surface area contributed by atoms with Gasteiger partial charge in [-0.25, -0.2) is 4.79 Å². The molecule has 2 aliphatic rings. The van der Waals surface area contributed by atoms with Gasteiger partial charge >= 0.3 is 6.09 Å². The van der Waals surface area contributed by atoms with Gasteiger partial charge in [0.05, 0.1) is 6.04 Å². The summed E-state index contributed by atoms with van der Waals surface area (Å²) in [5, 5.41) is 9.60. The summed E-state index contributed by atoms with van der Waals surface area (Å²) in [4.78, 5) is 27.3. The highest BCUT2D eigenvalue weighted by molar-refractivity contribution is 6.31. The number of fused-ring (bicyclic) bond motifs is 1. The average Bonchev–Trinajstić information content (AvgIpc) is 3.26. The Morgan fingerprint density at radius 2 is 2.04 bits per heavy atom. The number of hydrogen-bond donors (Lipinski definition) is 1. The second-order valence-electron chi connectivity index (χ2n) is 7.59. The van der Waals surface area contributed by atoms with Crippen LogP contribution in [0.1, 0.15) is 35.6 Å². The first-order valence-corrected chi connectivity index (χ1v) is 9.97. The molecule has 2 aromatic rings. The summed E-state index contributed by atoms with van der Waals surface area (Å²) in [5.74, 6) is 0.123. The van der Waals surface area contributed by atoms with E-state index in [1.54, 1.807) is 12.1 Å². The van der Waals surface area contributed by atoms with Crippen LogP contribution in [0.3, 0.4) is 0 Å². The molecule has 1 fully saturated rings. The lowest BCUT2D eigenvalue weighted by atomic mass is 9.97. The van der Waals surface area contributed by atoms with Crippen molar-refractivity contribution in [3.05, 3.63) is 64.2 Å². The Kier molecular flexibility index (Phi) is 5.02. The minimum Gasteiger partial charge on any atom is -0.465 e. The van der Waals surface area contributed by atoms with E-state index < -0.39 is 6.09 Å². The number of likely N-dealkylation sites (tertiary alicyclic amines) is 1. The van der Waals surface area contributed by atoms with Gasteiger partial charge in [0.15, 0.2) is 0 Å². The van der Waals surface area contributed by atoms with E-state index in [1.807, 2.05) is 17.0 Å². The van der Waals surface area contributed by atoms with Gasteiger partial charge in [0.1, 0.15) is 0 Å². The molecule has 0 saturated carbocycles. The van der Waals surface area contributed by atoms with Crippen LogP contribution in [0.5, 0.6) is 0 Å². The number of benzene rings is 2. The second-order valence-corrected chi connectivity index (χ2v) is 8.00. The molecule has 0 spiro atoms. The third-order valence-electron chi connectivity index (χ3n) is 6.01. The number of carbonyl (C=O) groups is 2. The molecule has 146 valence electrons. The first-order valence-electron chi connectivity index (χ1n) is 9.59. The van der Waals surface area contributed by atoms with E-state index in [4.69, 9.17) is 16.7 Å². The Morgan fingerprint density at radius 1 is 1.25 bits per heavy atom. The van der Waals surface area contributed by atoms with Crippen molar-refractivity contribution in [1.29, 1.82) is 0 Å². The summed E-state index contributed by atoms with van der Waals surface area (Å²) in [6, 6.07) is 13.8. The fraction of sp³-hybridized carbons (Fsp3) is 0.364.